The van der Waals surface area contributed by atoms with Gasteiger partial charge in [-0.2, -0.15) is 0 Å². The number of aliphatic hydroxyl groups excluding tert-OH is 1. The first kappa shape index (κ1) is 8.69. The number of cyclic esters (lactones) is 1. The minimum Gasteiger partial charge on any atom is -0.465 e. The van der Waals surface area contributed by atoms with E-state index >= 15 is 0 Å². The van der Waals surface area contributed by atoms with E-state index in [2.05, 4.69) is 0 Å². The third-order valence-electron chi connectivity index (χ3n) is 2.88. The molecule has 0 aromatic heterocycles. The molecule has 1 N–H and O–H groups in total. The second kappa shape index (κ2) is 2.80. The third kappa shape index (κ3) is 1.16. The second-order valence-corrected chi connectivity index (χ2v) is 3.87. The summed E-state index contributed by atoms with van der Waals surface area (Å²) >= 11 is 0. The van der Waals surface area contributed by atoms with Gasteiger partial charge in [0.15, 0.2) is 5.78 Å². The van der Waals surface area contributed by atoms with Gasteiger partial charge in [0, 0.05) is 11.8 Å². The van der Waals surface area contributed by atoms with Crippen molar-refractivity contribution in [2.24, 2.45) is 17.8 Å². The number of carbonyl (C=O) groups excluding carboxylic acids is 2. The Bertz CT molecular complexity index is 258. The van der Waals surface area contributed by atoms with E-state index in [4.69, 9.17) is 9.84 Å². The summed E-state index contributed by atoms with van der Waals surface area (Å²) in [6, 6.07) is 0. The molecule has 4 unspecified atom stereocenters. The number of aliphatic hydroxyl groups is 1. The molecule has 1 heterocycles. The Labute approximate surface area is 75.9 Å². The van der Waals surface area contributed by atoms with E-state index < -0.39 is 12.0 Å². The number of Topliss-reactive ketones (excluding diaryl/α,β-unsaturated/α-hetero) is 1. The first-order valence-corrected chi connectivity index (χ1v) is 4.49. The van der Waals surface area contributed by atoms with Crippen molar-refractivity contribution < 1.29 is 19.4 Å². The van der Waals surface area contributed by atoms with E-state index in [0.29, 0.717) is 13.0 Å². The van der Waals surface area contributed by atoms with Gasteiger partial charge in [0.2, 0.25) is 0 Å². The molecule has 0 bridgehead atoms. The maximum Gasteiger partial charge on any atom is 0.316 e. The van der Waals surface area contributed by atoms with Crippen molar-refractivity contribution in [2.75, 3.05) is 6.61 Å². The summed E-state index contributed by atoms with van der Waals surface area (Å²) in [5, 5.41) is 9.11. The van der Waals surface area contributed by atoms with Crippen LogP contribution in [0.4, 0.5) is 0 Å². The van der Waals surface area contributed by atoms with Crippen LogP contribution in [0.1, 0.15) is 13.3 Å². The van der Waals surface area contributed by atoms with Gasteiger partial charge in [-0.1, -0.05) is 0 Å². The van der Waals surface area contributed by atoms with Gasteiger partial charge >= 0.3 is 5.97 Å². The van der Waals surface area contributed by atoms with E-state index in [9.17, 15) is 9.59 Å². The molecule has 1 aliphatic heterocycles. The third-order valence-corrected chi connectivity index (χ3v) is 2.88. The summed E-state index contributed by atoms with van der Waals surface area (Å²) in [7, 11) is 0. The zero-order chi connectivity index (χ0) is 9.59. The summed E-state index contributed by atoms with van der Waals surface area (Å²) in [5.41, 5.74) is 0. The molecule has 1 saturated carbocycles. The zero-order valence-corrected chi connectivity index (χ0v) is 7.40. The molecular weight excluding hydrogens is 172 g/mol. The minimum atomic E-state index is -0.510. The molecule has 2 rings (SSSR count). The molecule has 4 atom stereocenters. The van der Waals surface area contributed by atoms with Gasteiger partial charge < -0.3 is 9.84 Å². The fraction of sp³-hybridized carbons (Fsp3) is 0.778. The minimum absolute atomic E-state index is 0.0367. The molecule has 13 heavy (non-hydrogen) atoms. The highest BCUT2D eigenvalue weighted by atomic mass is 16.5. The van der Waals surface area contributed by atoms with Gasteiger partial charge in [-0.3, -0.25) is 9.59 Å². The average molecular weight is 184 g/mol. The lowest BCUT2D eigenvalue weighted by Crippen LogP contribution is -2.49. The number of fused-ring (bicyclic) bond motifs is 1. The number of ketones is 1. The van der Waals surface area contributed by atoms with E-state index in [1.807, 2.05) is 0 Å². The van der Waals surface area contributed by atoms with E-state index in [0.717, 1.165) is 0 Å². The molecule has 1 saturated heterocycles. The quantitative estimate of drug-likeness (QED) is 0.474. The normalized spacial score (nSPS) is 39.4. The Kier molecular flexibility index (Phi) is 1.87. The molecule has 2 aliphatic rings. The van der Waals surface area contributed by atoms with Gasteiger partial charge in [-0.25, -0.2) is 0 Å². The first-order chi connectivity index (χ1) is 6.11. The average Bonchev–Trinajstić information content (AvgIpc) is 2.39. The summed E-state index contributed by atoms with van der Waals surface area (Å²) < 4.78 is 4.78. The van der Waals surface area contributed by atoms with Gasteiger partial charge in [0.25, 0.3) is 0 Å². The van der Waals surface area contributed by atoms with Crippen LogP contribution in [0, 0.1) is 17.8 Å². The molecule has 2 fully saturated rings. The summed E-state index contributed by atoms with van der Waals surface area (Å²) in [4.78, 5) is 22.3. The SMILES string of the molecule is CC(O)CC1C(=O)C2C(=O)OCC12. The molecule has 0 spiro atoms. The predicted molar refractivity (Wildman–Crippen MR) is 42.7 cm³/mol. The number of carbonyl (C=O) groups is 2. The van der Waals surface area contributed by atoms with Crippen molar-refractivity contribution in [3.63, 3.8) is 0 Å². The van der Waals surface area contributed by atoms with Gasteiger partial charge in [-0.15, -0.1) is 0 Å². The van der Waals surface area contributed by atoms with Gasteiger partial charge in [0.1, 0.15) is 5.92 Å². The van der Waals surface area contributed by atoms with Crippen LogP contribution in [-0.2, 0) is 14.3 Å². The highest BCUT2D eigenvalue weighted by molar-refractivity contribution is 6.07. The van der Waals surface area contributed by atoms with Crippen molar-refractivity contribution >= 4 is 11.8 Å². The highest BCUT2D eigenvalue weighted by Gasteiger charge is 2.58. The summed E-state index contributed by atoms with van der Waals surface area (Å²) in [5.74, 6) is -1.06. The predicted octanol–water partition coefficient (Wildman–Crippen LogP) is -0.255. The fourth-order valence-corrected chi connectivity index (χ4v) is 2.20. The lowest BCUT2D eigenvalue weighted by Gasteiger charge is -2.35. The molecule has 0 aromatic carbocycles. The maximum atomic E-state index is 11.4. The molecule has 0 aromatic rings. The summed E-state index contributed by atoms with van der Waals surface area (Å²) in [6.07, 6.45) is -0.0259. The largest absolute Gasteiger partial charge is 0.465 e. The van der Waals surface area contributed by atoms with Crippen molar-refractivity contribution in [1.82, 2.24) is 0 Å². The van der Waals surface area contributed by atoms with Crippen LogP contribution >= 0.6 is 0 Å². The Morgan fingerprint density at radius 2 is 2.31 bits per heavy atom. The Hall–Kier alpha value is -0.900. The molecule has 4 heteroatoms. The number of hydrogen-bond donors (Lipinski definition) is 1. The Balaban J connectivity index is 2.03. The molecule has 1 aliphatic carbocycles. The maximum absolute atomic E-state index is 11.4. The van der Waals surface area contributed by atoms with E-state index in [1.165, 1.54) is 0 Å². The fourth-order valence-electron chi connectivity index (χ4n) is 2.20. The smallest absolute Gasteiger partial charge is 0.316 e. The van der Waals surface area contributed by atoms with Crippen LogP contribution in [0.5, 0.6) is 0 Å². The number of esters is 1. The van der Waals surface area contributed by atoms with Crippen molar-refractivity contribution in [1.29, 1.82) is 0 Å². The second-order valence-electron chi connectivity index (χ2n) is 3.87. The number of ether oxygens (including phenoxy) is 1. The van der Waals surface area contributed by atoms with Crippen LogP contribution in [-0.4, -0.2) is 29.6 Å². The Morgan fingerprint density at radius 3 is 2.92 bits per heavy atom. The van der Waals surface area contributed by atoms with Crippen LogP contribution < -0.4 is 0 Å². The van der Waals surface area contributed by atoms with Crippen LogP contribution in [0.3, 0.4) is 0 Å². The molecule has 4 nitrogen and oxygen atoms in total. The molecule has 0 amide bonds. The van der Waals surface area contributed by atoms with Gasteiger partial charge in [0.05, 0.1) is 12.7 Å². The monoisotopic (exact) mass is 184 g/mol. The van der Waals surface area contributed by atoms with Crippen LogP contribution in [0.15, 0.2) is 0 Å². The van der Waals surface area contributed by atoms with E-state index in [1.54, 1.807) is 6.92 Å². The van der Waals surface area contributed by atoms with Crippen LogP contribution in [0.2, 0.25) is 0 Å². The van der Waals surface area contributed by atoms with Crippen LogP contribution in [0.25, 0.3) is 0 Å². The van der Waals surface area contributed by atoms with Crippen molar-refractivity contribution in [2.45, 2.75) is 19.4 Å². The van der Waals surface area contributed by atoms with Crippen molar-refractivity contribution in [3.05, 3.63) is 0 Å². The number of rotatable bonds is 2. The summed E-state index contributed by atoms with van der Waals surface area (Å²) in [6.45, 7) is 2.00. The Morgan fingerprint density at radius 1 is 1.62 bits per heavy atom. The molecular formula is C9H12O4. The van der Waals surface area contributed by atoms with Crippen molar-refractivity contribution in [3.8, 4) is 0 Å². The topological polar surface area (TPSA) is 63.6 Å². The zero-order valence-electron chi connectivity index (χ0n) is 7.40. The highest BCUT2D eigenvalue weighted by Crippen LogP contribution is 2.44. The molecule has 0 radical (unpaired) electrons. The van der Waals surface area contributed by atoms with Gasteiger partial charge in [-0.05, 0) is 13.3 Å². The first-order valence-electron chi connectivity index (χ1n) is 4.49. The van der Waals surface area contributed by atoms with E-state index in [-0.39, 0.29) is 23.6 Å². The molecule has 72 valence electrons. The lowest BCUT2D eigenvalue weighted by atomic mass is 9.63. The standard InChI is InChI=1S/C9H12O4/c1-4(10)2-5-6-3-13-9(12)7(6)8(5)11/h4-7,10H,2-3H2,1H3. The lowest BCUT2D eigenvalue weighted by molar-refractivity contribution is -0.151. The number of hydrogen-bond acceptors (Lipinski definition) is 4.